The van der Waals surface area contributed by atoms with Crippen molar-refractivity contribution in [2.45, 2.75) is 0 Å². The summed E-state index contributed by atoms with van der Waals surface area (Å²) in [5, 5.41) is 3.07. The van der Waals surface area contributed by atoms with Crippen LogP contribution in [0.3, 0.4) is 0 Å². The third-order valence-corrected chi connectivity index (χ3v) is 3.59. The van der Waals surface area contributed by atoms with E-state index in [0.717, 1.165) is 0 Å². The van der Waals surface area contributed by atoms with E-state index < -0.39 is 24.3 Å². The fourth-order valence-corrected chi connectivity index (χ4v) is 2.19. The highest BCUT2D eigenvalue weighted by Gasteiger charge is 2.15. The Morgan fingerprint density at radius 2 is 1.77 bits per heavy atom. The highest BCUT2D eigenvalue weighted by molar-refractivity contribution is 6.30. The molecule has 0 saturated carbocycles. The maximum atomic E-state index is 13.2. The molecule has 0 aliphatic carbocycles. The number of esters is 1. The van der Waals surface area contributed by atoms with Gasteiger partial charge in [-0.2, -0.15) is 0 Å². The maximum absolute atomic E-state index is 13.2. The van der Waals surface area contributed by atoms with E-state index in [9.17, 15) is 14.0 Å². The van der Waals surface area contributed by atoms with Crippen molar-refractivity contribution in [1.29, 1.82) is 0 Å². The van der Waals surface area contributed by atoms with E-state index in [-0.39, 0.29) is 12.1 Å². The van der Waals surface area contributed by atoms with E-state index >= 15 is 0 Å². The summed E-state index contributed by atoms with van der Waals surface area (Å²) in [6.45, 7) is 3.34. The Balaban J connectivity index is 2.23. The van der Waals surface area contributed by atoms with Crippen LogP contribution in [0.15, 0.2) is 61.2 Å². The summed E-state index contributed by atoms with van der Waals surface area (Å²) >= 11 is 5.87. The number of hydrogen-bond donors (Lipinski definition) is 1. The molecule has 0 bridgehead atoms. The molecule has 4 nitrogen and oxygen atoms in total. The van der Waals surface area contributed by atoms with Gasteiger partial charge in [0.25, 0.3) is 5.91 Å². The standard InChI is InChI=1S/C20H17ClFNO3/c1-2-11-23-19(24)13-26-20(25)18(15-5-9-17(22)10-6-15)12-14-3-7-16(21)8-4-14/h2-10,12H,1,11,13H2,(H,23,24)/b18-12+. The second-order valence-electron chi connectivity index (χ2n) is 5.29. The van der Waals surface area contributed by atoms with Crippen molar-refractivity contribution in [3.8, 4) is 0 Å². The summed E-state index contributed by atoms with van der Waals surface area (Å²) in [6.07, 6.45) is 3.11. The average Bonchev–Trinajstić information content (AvgIpc) is 2.65. The Labute approximate surface area is 155 Å². The van der Waals surface area contributed by atoms with Gasteiger partial charge < -0.3 is 10.1 Å². The van der Waals surface area contributed by atoms with Crippen LogP contribution in [0.25, 0.3) is 11.6 Å². The summed E-state index contributed by atoms with van der Waals surface area (Å²) in [7, 11) is 0. The second kappa shape index (κ2) is 9.53. The molecule has 0 fully saturated rings. The summed E-state index contributed by atoms with van der Waals surface area (Å²) in [5.41, 5.74) is 1.38. The maximum Gasteiger partial charge on any atom is 0.339 e. The van der Waals surface area contributed by atoms with Gasteiger partial charge in [0.05, 0.1) is 5.57 Å². The molecule has 1 amide bonds. The van der Waals surface area contributed by atoms with Gasteiger partial charge in [-0.25, -0.2) is 9.18 Å². The molecule has 134 valence electrons. The van der Waals surface area contributed by atoms with Crippen molar-refractivity contribution in [3.05, 3.63) is 83.2 Å². The third-order valence-electron chi connectivity index (χ3n) is 3.33. The molecule has 0 aliphatic rings. The zero-order valence-corrected chi connectivity index (χ0v) is 14.6. The quantitative estimate of drug-likeness (QED) is 0.347. The lowest BCUT2D eigenvalue weighted by molar-refractivity contribution is -0.142. The fraction of sp³-hybridized carbons (Fsp3) is 0.100. The largest absolute Gasteiger partial charge is 0.452 e. The number of benzene rings is 2. The van der Waals surface area contributed by atoms with E-state index in [1.807, 2.05) is 0 Å². The van der Waals surface area contributed by atoms with Crippen molar-refractivity contribution < 1.29 is 18.7 Å². The predicted octanol–water partition coefficient (Wildman–Crippen LogP) is 3.87. The molecule has 2 aromatic carbocycles. The van der Waals surface area contributed by atoms with Crippen molar-refractivity contribution in [3.63, 3.8) is 0 Å². The molecule has 6 heteroatoms. The molecular weight excluding hydrogens is 357 g/mol. The van der Waals surface area contributed by atoms with Crippen LogP contribution < -0.4 is 5.32 Å². The molecule has 0 spiro atoms. The average molecular weight is 374 g/mol. The number of nitrogens with one attached hydrogen (secondary N) is 1. The SMILES string of the molecule is C=CCNC(=O)COC(=O)/C(=C/c1ccc(Cl)cc1)c1ccc(F)cc1. The fourth-order valence-electron chi connectivity index (χ4n) is 2.06. The van der Waals surface area contributed by atoms with Crippen LogP contribution in [0, 0.1) is 5.82 Å². The van der Waals surface area contributed by atoms with Crippen LogP contribution in [0.5, 0.6) is 0 Å². The normalized spacial score (nSPS) is 10.9. The van der Waals surface area contributed by atoms with Crippen molar-refractivity contribution >= 4 is 35.1 Å². The summed E-state index contributed by atoms with van der Waals surface area (Å²) < 4.78 is 18.3. The van der Waals surface area contributed by atoms with E-state index in [2.05, 4.69) is 11.9 Å². The van der Waals surface area contributed by atoms with Gasteiger partial charge in [-0.1, -0.05) is 41.9 Å². The van der Waals surface area contributed by atoms with Gasteiger partial charge in [-0.05, 0) is 41.5 Å². The van der Waals surface area contributed by atoms with E-state index in [0.29, 0.717) is 16.1 Å². The minimum absolute atomic E-state index is 0.198. The Morgan fingerprint density at radius 3 is 2.38 bits per heavy atom. The molecule has 0 saturated heterocycles. The van der Waals surface area contributed by atoms with Gasteiger partial charge in [0.2, 0.25) is 0 Å². The molecule has 0 aliphatic heterocycles. The molecular formula is C20H17ClFNO3. The van der Waals surface area contributed by atoms with Crippen molar-refractivity contribution in [2.24, 2.45) is 0 Å². The summed E-state index contributed by atoms with van der Waals surface area (Å²) in [6, 6.07) is 12.3. The Morgan fingerprint density at radius 1 is 1.12 bits per heavy atom. The molecule has 0 heterocycles. The number of halogens is 2. The third kappa shape index (κ3) is 5.86. The van der Waals surface area contributed by atoms with Crippen molar-refractivity contribution in [2.75, 3.05) is 13.2 Å². The lowest BCUT2D eigenvalue weighted by Crippen LogP contribution is -2.28. The van der Waals surface area contributed by atoms with Gasteiger partial charge in [0.15, 0.2) is 6.61 Å². The first-order valence-corrected chi connectivity index (χ1v) is 8.15. The first-order valence-electron chi connectivity index (χ1n) is 7.77. The topological polar surface area (TPSA) is 55.4 Å². The van der Waals surface area contributed by atoms with Gasteiger partial charge in [0, 0.05) is 11.6 Å². The van der Waals surface area contributed by atoms with Gasteiger partial charge in [-0.15, -0.1) is 6.58 Å². The smallest absolute Gasteiger partial charge is 0.339 e. The van der Waals surface area contributed by atoms with Crippen LogP contribution >= 0.6 is 11.6 Å². The van der Waals surface area contributed by atoms with Gasteiger partial charge in [-0.3, -0.25) is 4.79 Å². The molecule has 0 aromatic heterocycles. The zero-order valence-electron chi connectivity index (χ0n) is 13.9. The lowest BCUT2D eigenvalue weighted by atomic mass is 10.0. The second-order valence-corrected chi connectivity index (χ2v) is 5.72. The molecule has 1 N–H and O–H groups in total. The van der Waals surface area contributed by atoms with Crippen LogP contribution in [0.1, 0.15) is 11.1 Å². The number of ether oxygens (including phenoxy) is 1. The Hall–Kier alpha value is -2.92. The zero-order chi connectivity index (χ0) is 18.9. The summed E-state index contributed by atoms with van der Waals surface area (Å²) in [4.78, 5) is 24.1. The first-order chi connectivity index (χ1) is 12.5. The molecule has 0 unspecified atom stereocenters. The number of carbonyl (C=O) groups is 2. The van der Waals surface area contributed by atoms with Crippen LogP contribution in [0.2, 0.25) is 5.02 Å². The molecule has 0 radical (unpaired) electrons. The Bertz CT molecular complexity index is 814. The predicted molar refractivity (Wildman–Crippen MR) is 99.9 cm³/mol. The molecule has 26 heavy (non-hydrogen) atoms. The number of carbonyl (C=O) groups excluding carboxylic acids is 2. The monoisotopic (exact) mass is 373 g/mol. The van der Waals surface area contributed by atoms with Gasteiger partial charge >= 0.3 is 5.97 Å². The Kier molecular flexibility index (Phi) is 7.12. The molecule has 0 atom stereocenters. The van der Waals surface area contributed by atoms with E-state index in [4.69, 9.17) is 16.3 Å². The van der Waals surface area contributed by atoms with E-state index in [1.54, 1.807) is 30.3 Å². The summed E-state index contributed by atoms with van der Waals surface area (Å²) in [5.74, 6) is -1.56. The van der Waals surface area contributed by atoms with Crippen LogP contribution in [-0.2, 0) is 14.3 Å². The van der Waals surface area contributed by atoms with Crippen molar-refractivity contribution in [1.82, 2.24) is 5.32 Å². The first kappa shape index (κ1) is 19.4. The number of amides is 1. The minimum atomic E-state index is -0.694. The minimum Gasteiger partial charge on any atom is -0.452 e. The van der Waals surface area contributed by atoms with Crippen LogP contribution in [0.4, 0.5) is 4.39 Å². The van der Waals surface area contributed by atoms with E-state index in [1.165, 1.54) is 30.3 Å². The molecule has 2 aromatic rings. The van der Waals surface area contributed by atoms with Crippen LogP contribution in [-0.4, -0.2) is 25.0 Å². The highest BCUT2D eigenvalue weighted by atomic mass is 35.5. The van der Waals surface area contributed by atoms with Gasteiger partial charge in [0.1, 0.15) is 5.82 Å². The number of rotatable bonds is 7. The highest BCUT2D eigenvalue weighted by Crippen LogP contribution is 2.21. The number of hydrogen-bond acceptors (Lipinski definition) is 3. The lowest BCUT2D eigenvalue weighted by Gasteiger charge is -2.09. The molecule has 2 rings (SSSR count).